The molecule has 0 aliphatic rings. The first-order valence-electron chi connectivity index (χ1n) is 8.04. The number of carbonyl (C=O) groups excluding carboxylic acids is 1. The number of methoxy groups -OCH3 is 1. The van der Waals surface area contributed by atoms with Crippen LogP contribution >= 0.6 is 11.6 Å². The summed E-state index contributed by atoms with van der Waals surface area (Å²) in [5.41, 5.74) is 1.45. The van der Waals surface area contributed by atoms with E-state index in [0.717, 1.165) is 11.6 Å². The molecule has 0 unspecified atom stereocenters. The summed E-state index contributed by atoms with van der Waals surface area (Å²) in [6.45, 7) is 0.199. The van der Waals surface area contributed by atoms with Gasteiger partial charge in [-0.1, -0.05) is 17.7 Å². The number of ether oxygens (including phenoxy) is 1. The summed E-state index contributed by atoms with van der Waals surface area (Å²) >= 11 is 6.05. The van der Waals surface area contributed by atoms with E-state index < -0.39 is 11.7 Å². The molecule has 3 rings (SSSR count). The van der Waals surface area contributed by atoms with Gasteiger partial charge in [-0.3, -0.25) is 9.78 Å². The topological polar surface area (TPSA) is 71.5 Å². The average Bonchev–Trinajstić information content (AvgIpc) is 2.67. The van der Waals surface area contributed by atoms with Crippen LogP contribution in [-0.4, -0.2) is 23.1 Å². The van der Waals surface area contributed by atoms with Crippen LogP contribution in [0.1, 0.15) is 15.9 Å². The van der Waals surface area contributed by atoms with Crippen molar-refractivity contribution in [2.75, 3.05) is 7.11 Å². The van der Waals surface area contributed by atoms with Crippen molar-refractivity contribution >= 4 is 17.5 Å². The largest absolute Gasteiger partial charge is 0.504 e. The minimum Gasteiger partial charge on any atom is -0.504 e. The number of hydrogen-bond acceptors (Lipinski definition) is 4. The normalized spacial score (nSPS) is 10.5. The molecule has 0 bridgehead atoms. The Morgan fingerprint density at radius 2 is 2.07 bits per heavy atom. The maximum Gasteiger partial charge on any atom is 0.251 e. The number of benzene rings is 2. The number of phenolic OH excluding ortho intramolecular Hbond substituents is 1. The third kappa shape index (κ3) is 4.17. The molecule has 1 amide bonds. The molecule has 27 heavy (non-hydrogen) atoms. The third-order valence-corrected chi connectivity index (χ3v) is 4.25. The van der Waals surface area contributed by atoms with Gasteiger partial charge in [0.15, 0.2) is 11.5 Å². The van der Waals surface area contributed by atoms with Crippen LogP contribution in [0.4, 0.5) is 4.39 Å². The Morgan fingerprint density at radius 3 is 2.78 bits per heavy atom. The summed E-state index contributed by atoms with van der Waals surface area (Å²) in [5.74, 6) is -0.697. The first-order chi connectivity index (χ1) is 13.0. The summed E-state index contributed by atoms with van der Waals surface area (Å²) < 4.78 is 19.5. The molecule has 0 saturated heterocycles. The van der Waals surface area contributed by atoms with Crippen LogP contribution in [0, 0.1) is 5.82 Å². The van der Waals surface area contributed by atoms with Crippen molar-refractivity contribution in [2.24, 2.45) is 0 Å². The van der Waals surface area contributed by atoms with Crippen LogP contribution in [0.5, 0.6) is 11.5 Å². The number of aromatic nitrogens is 1. The van der Waals surface area contributed by atoms with Gasteiger partial charge in [0, 0.05) is 23.9 Å². The second kappa shape index (κ2) is 8.05. The standard InChI is InChI=1S/C20H16ClFN2O3/c1-27-18-9-12(4-7-17(18)25)11-24-20(26)13-5-6-14(16(22)10-13)19-15(21)3-2-8-23-19/h2-10,25H,11H2,1H3,(H,24,26). The van der Waals surface area contributed by atoms with Crippen LogP contribution in [0.3, 0.4) is 0 Å². The van der Waals surface area contributed by atoms with Gasteiger partial charge in [-0.05, 0) is 48.0 Å². The fraction of sp³-hybridized carbons (Fsp3) is 0.100. The Labute approximate surface area is 160 Å². The number of nitrogens with zero attached hydrogens (tertiary/aromatic N) is 1. The molecule has 0 radical (unpaired) electrons. The van der Waals surface area contributed by atoms with E-state index in [-0.39, 0.29) is 23.4 Å². The van der Waals surface area contributed by atoms with Crippen molar-refractivity contribution in [1.82, 2.24) is 10.3 Å². The third-order valence-electron chi connectivity index (χ3n) is 3.94. The minimum absolute atomic E-state index is 0.0124. The average molecular weight is 387 g/mol. The monoisotopic (exact) mass is 386 g/mol. The molecule has 3 aromatic rings. The number of rotatable bonds is 5. The number of halogens is 2. The smallest absolute Gasteiger partial charge is 0.251 e. The lowest BCUT2D eigenvalue weighted by Gasteiger charge is -2.10. The van der Waals surface area contributed by atoms with E-state index in [1.165, 1.54) is 31.5 Å². The second-order valence-corrected chi connectivity index (χ2v) is 6.12. The van der Waals surface area contributed by atoms with Gasteiger partial charge in [-0.15, -0.1) is 0 Å². The predicted octanol–water partition coefficient (Wildman–Crippen LogP) is 4.19. The SMILES string of the molecule is COc1cc(CNC(=O)c2ccc(-c3ncccc3Cl)c(F)c2)ccc1O. The van der Waals surface area contributed by atoms with Crippen LogP contribution in [0.15, 0.2) is 54.7 Å². The van der Waals surface area contributed by atoms with Gasteiger partial charge >= 0.3 is 0 Å². The number of pyridine rings is 1. The Hall–Kier alpha value is -3.12. The lowest BCUT2D eigenvalue weighted by Crippen LogP contribution is -2.22. The molecule has 2 aromatic carbocycles. The van der Waals surface area contributed by atoms with Gasteiger partial charge in [0.05, 0.1) is 17.8 Å². The van der Waals surface area contributed by atoms with Gasteiger partial charge in [0.1, 0.15) is 5.82 Å². The quantitative estimate of drug-likeness (QED) is 0.689. The summed E-state index contributed by atoms with van der Waals surface area (Å²) in [4.78, 5) is 16.4. The molecule has 1 aromatic heterocycles. The molecule has 0 aliphatic heterocycles. The molecule has 5 nitrogen and oxygen atoms in total. The van der Waals surface area contributed by atoms with E-state index in [4.69, 9.17) is 16.3 Å². The number of carbonyl (C=O) groups is 1. The highest BCUT2D eigenvalue weighted by Crippen LogP contribution is 2.28. The molecule has 0 aliphatic carbocycles. The van der Waals surface area contributed by atoms with Crippen molar-refractivity contribution in [3.05, 3.63) is 76.7 Å². The molecular formula is C20H16ClFN2O3. The number of aromatic hydroxyl groups is 1. The zero-order valence-corrected chi connectivity index (χ0v) is 15.1. The molecule has 2 N–H and O–H groups in total. The van der Waals surface area contributed by atoms with E-state index in [1.54, 1.807) is 24.3 Å². The van der Waals surface area contributed by atoms with E-state index in [9.17, 15) is 14.3 Å². The van der Waals surface area contributed by atoms with Gasteiger partial charge in [-0.2, -0.15) is 0 Å². The predicted molar refractivity (Wildman–Crippen MR) is 100 cm³/mol. The van der Waals surface area contributed by atoms with Gasteiger partial charge in [-0.25, -0.2) is 4.39 Å². The molecule has 7 heteroatoms. The highest BCUT2D eigenvalue weighted by Gasteiger charge is 2.14. The van der Waals surface area contributed by atoms with Crippen LogP contribution in [0.2, 0.25) is 5.02 Å². The minimum atomic E-state index is -0.588. The van der Waals surface area contributed by atoms with E-state index in [1.807, 2.05) is 0 Å². The maximum absolute atomic E-state index is 14.5. The molecule has 0 spiro atoms. The van der Waals surface area contributed by atoms with Gasteiger partial charge in [0.25, 0.3) is 5.91 Å². The lowest BCUT2D eigenvalue weighted by molar-refractivity contribution is 0.0950. The van der Waals surface area contributed by atoms with E-state index in [2.05, 4.69) is 10.3 Å². The molecule has 138 valence electrons. The van der Waals surface area contributed by atoms with Crippen LogP contribution < -0.4 is 10.1 Å². The maximum atomic E-state index is 14.5. The Bertz CT molecular complexity index is 995. The Kier molecular flexibility index (Phi) is 5.57. The number of hydrogen-bond donors (Lipinski definition) is 2. The van der Waals surface area contributed by atoms with Crippen LogP contribution in [0.25, 0.3) is 11.3 Å². The van der Waals surface area contributed by atoms with Gasteiger partial charge in [0.2, 0.25) is 0 Å². The molecular weight excluding hydrogens is 371 g/mol. The number of nitrogens with one attached hydrogen (secondary N) is 1. The molecule has 0 atom stereocenters. The van der Waals surface area contributed by atoms with Crippen molar-refractivity contribution in [1.29, 1.82) is 0 Å². The highest BCUT2D eigenvalue weighted by atomic mass is 35.5. The van der Waals surface area contributed by atoms with E-state index in [0.29, 0.717) is 16.5 Å². The molecule has 1 heterocycles. The van der Waals surface area contributed by atoms with Crippen molar-refractivity contribution in [2.45, 2.75) is 6.54 Å². The first kappa shape index (κ1) is 18.7. The summed E-state index contributed by atoms with van der Waals surface area (Å²) in [6.07, 6.45) is 1.52. The fourth-order valence-electron chi connectivity index (χ4n) is 2.55. The Balaban J connectivity index is 1.74. The summed E-state index contributed by atoms with van der Waals surface area (Å²) in [6, 6.07) is 12.2. The first-order valence-corrected chi connectivity index (χ1v) is 8.42. The summed E-state index contributed by atoms with van der Waals surface area (Å²) in [7, 11) is 1.44. The second-order valence-electron chi connectivity index (χ2n) is 5.72. The Morgan fingerprint density at radius 1 is 1.26 bits per heavy atom. The highest BCUT2D eigenvalue weighted by molar-refractivity contribution is 6.33. The zero-order valence-electron chi connectivity index (χ0n) is 14.4. The summed E-state index contributed by atoms with van der Waals surface area (Å²) in [5, 5.41) is 12.6. The van der Waals surface area contributed by atoms with Crippen molar-refractivity contribution in [3.8, 4) is 22.8 Å². The number of phenols is 1. The lowest BCUT2D eigenvalue weighted by atomic mass is 10.1. The van der Waals surface area contributed by atoms with Crippen molar-refractivity contribution < 1.29 is 19.0 Å². The molecule has 0 saturated carbocycles. The fourth-order valence-corrected chi connectivity index (χ4v) is 2.77. The van der Waals surface area contributed by atoms with Crippen LogP contribution in [-0.2, 0) is 6.54 Å². The van der Waals surface area contributed by atoms with E-state index >= 15 is 0 Å². The molecule has 0 fully saturated rings. The van der Waals surface area contributed by atoms with Gasteiger partial charge < -0.3 is 15.2 Å². The zero-order chi connectivity index (χ0) is 19.4. The van der Waals surface area contributed by atoms with Crippen molar-refractivity contribution in [3.63, 3.8) is 0 Å². The number of amides is 1.